The first-order valence-corrected chi connectivity index (χ1v) is 12.0. The summed E-state index contributed by atoms with van der Waals surface area (Å²) in [5.74, 6) is -0.168. The molecule has 3 aliphatic heterocycles. The van der Waals surface area contributed by atoms with E-state index in [9.17, 15) is 33.5 Å². The molecule has 3 aliphatic rings. The van der Waals surface area contributed by atoms with Crippen molar-refractivity contribution in [2.45, 2.75) is 36.8 Å². The summed E-state index contributed by atoms with van der Waals surface area (Å²) < 4.78 is 35.2. The topological polar surface area (TPSA) is 166 Å². The standard InChI is InChI=1S/C18H26BN2O9S/c22-15(7-13-8-20-5-6-31(13,27)28)21-9-12(10-21)29-14-2-1-11-3-4-19(25,26)30-17(11)16(14)18(23)24/h1-2,12-13,18,20,23-26H,3-10H2/q-1. The zero-order valence-corrected chi connectivity index (χ0v) is 17.6. The third-order valence-electron chi connectivity index (χ3n) is 5.93. The number of fused-ring (bicyclic) bond motifs is 1. The van der Waals surface area contributed by atoms with Gasteiger partial charge < -0.3 is 39.9 Å². The van der Waals surface area contributed by atoms with Gasteiger partial charge in [0, 0.05) is 19.5 Å². The average Bonchev–Trinajstić information content (AvgIpc) is 2.64. The molecule has 0 aliphatic carbocycles. The minimum Gasteiger partial charge on any atom is -0.670 e. The summed E-state index contributed by atoms with van der Waals surface area (Å²) >= 11 is 0. The van der Waals surface area contributed by atoms with Gasteiger partial charge in [0.15, 0.2) is 16.1 Å². The number of hydrogen-bond donors (Lipinski definition) is 5. The van der Waals surface area contributed by atoms with Gasteiger partial charge in [0.1, 0.15) is 11.9 Å². The van der Waals surface area contributed by atoms with E-state index in [2.05, 4.69) is 5.32 Å². The molecule has 172 valence electrons. The van der Waals surface area contributed by atoms with E-state index in [4.69, 9.17) is 9.39 Å². The third kappa shape index (κ3) is 4.66. The summed E-state index contributed by atoms with van der Waals surface area (Å²) in [4.78, 5) is 13.9. The van der Waals surface area contributed by atoms with Gasteiger partial charge in [-0.05, 0) is 18.1 Å². The van der Waals surface area contributed by atoms with Gasteiger partial charge in [-0.15, -0.1) is 0 Å². The maximum atomic E-state index is 12.4. The van der Waals surface area contributed by atoms with Crippen molar-refractivity contribution in [3.05, 3.63) is 23.3 Å². The first-order valence-electron chi connectivity index (χ1n) is 10.2. The van der Waals surface area contributed by atoms with Gasteiger partial charge in [0.05, 0.1) is 35.4 Å². The molecule has 1 unspecified atom stereocenters. The number of carbonyl (C=O) groups excluding carboxylic acids is 1. The smallest absolute Gasteiger partial charge is 0.430 e. The molecule has 0 bridgehead atoms. The third-order valence-corrected chi connectivity index (χ3v) is 8.05. The largest absolute Gasteiger partial charge is 0.670 e. The van der Waals surface area contributed by atoms with Crippen molar-refractivity contribution in [1.29, 1.82) is 0 Å². The van der Waals surface area contributed by atoms with E-state index in [1.807, 2.05) is 0 Å². The Balaban J connectivity index is 1.40. The summed E-state index contributed by atoms with van der Waals surface area (Å²) in [6.07, 6.45) is -2.18. The van der Waals surface area contributed by atoms with Crippen molar-refractivity contribution in [3.63, 3.8) is 0 Å². The van der Waals surface area contributed by atoms with Crippen LogP contribution in [0.4, 0.5) is 0 Å². The Morgan fingerprint density at radius 3 is 2.74 bits per heavy atom. The van der Waals surface area contributed by atoms with Crippen LogP contribution in [0.25, 0.3) is 0 Å². The second-order valence-corrected chi connectivity index (χ2v) is 10.7. The maximum absolute atomic E-state index is 12.4. The van der Waals surface area contributed by atoms with Gasteiger partial charge in [0.2, 0.25) is 5.91 Å². The Labute approximate surface area is 179 Å². The number of aliphatic hydroxyl groups is 2. The predicted octanol–water partition coefficient (Wildman–Crippen LogP) is -2.11. The molecule has 11 nitrogen and oxygen atoms in total. The quantitative estimate of drug-likeness (QED) is 0.244. The number of hydrogen-bond acceptors (Lipinski definition) is 10. The first-order chi connectivity index (χ1) is 14.6. The summed E-state index contributed by atoms with van der Waals surface area (Å²) in [6, 6.07) is 3.21. The monoisotopic (exact) mass is 457 g/mol. The Hall–Kier alpha value is -1.90. The molecule has 31 heavy (non-hydrogen) atoms. The zero-order valence-electron chi connectivity index (χ0n) is 16.8. The molecule has 1 aromatic carbocycles. The van der Waals surface area contributed by atoms with Crippen LogP contribution < -0.4 is 14.7 Å². The molecule has 0 radical (unpaired) electrons. The molecule has 3 heterocycles. The normalized spacial score (nSPS) is 24.8. The van der Waals surface area contributed by atoms with Crippen molar-refractivity contribution in [2.75, 3.05) is 31.9 Å². The second-order valence-electron chi connectivity index (χ2n) is 8.29. The van der Waals surface area contributed by atoms with E-state index < -0.39 is 34.2 Å². The Morgan fingerprint density at radius 1 is 1.32 bits per heavy atom. The molecule has 4 rings (SSSR count). The minimum atomic E-state index is -3.28. The number of nitrogens with one attached hydrogen (secondary N) is 1. The number of likely N-dealkylation sites (tertiary alicyclic amines) is 1. The van der Waals surface area contributed by atoms with Gasteiger partial charge in [-0.1, -0.05) is 12.4 Å². The van der Waals surface area contributed by atoms with Crippen molar-refractivity contribution in [2.24, 2.45) is 0 Å². The number of aryl methyl sites for hydroxylation is 1. The number of rotatable bonds is 5. The van der Waals surface area contributed by atoms with Crippen LogP contribution in [0.2, 0.25) is 6.32 Å². The van der Waals surface area contributed by atoms with Crippen LogP contribution in [0, 0.1) is 0 Å². The van der Waals surface area contributed by atoms with Crippen molar-refractivity contribution < 1.29 is 42.9 Å². The fourth-order valence-corrected chi connectivity index (χ4v) is 5.62. The van der Waals surface area contributed by atoms with Crippen molar-refractivity contribution in [3.8, 4) is 11.5 Å². The lowest BCUT2D eigenvalue weighted by atomic mass is 9.70. The molecular formula is C18H26BN2O9S-. The lowest BCUT2D eigenvalue weighted by Crippen LogP contribution is -2.57. The SMILES string of the molecule is O=C(CC1CNCCS1(=O)=O)N1CC(Oc2ccc3c(c2C(O)O)O[B-](O)(O)CC3)C1. The van der Waals surface area contributed by atoms with Crippen LogP contribution in [-0.4, -0.2) is 89.5 Å². The van der Waals surface area contributed by atoms with Gasteiger partial charge >= 0.3 is 6.75 Å². The molecule has 1 aromatic rings. The van der Waals surface area contributed by atoms with Crippen LogP contribution in [0.5, 0.6) is 11.5 Å². The van der Waals surface area contributed by atoms with Crippen molar-refractivity contribution >= 4 is 22.5 Å². The van der Waals surface area contributed by atoms with E-state index in [-0.39, 0.29) is 61.1 Å². The molecule has 1 amide bonds. The lowest BCUT2D eigenvalue weighted by molar-refractivity contribution is -0.140. The molecule has 0 aromatic heterocycles. The number of benzene rings is 1. The van der Waals surface area contributed by atoms with E-state index >= 15 is 0 Å². The van der Waals surface area contributed by atoms with Gasteiger partial charge in [-0.3, -0.25) is 4.79 Å². The molecule has 2 saturated heterocycles. The average molecular weight is 457 g/mol. The zero-order chi connectivity index (χ0) is 22.4. The van der Waals surface area contributed by atoms with Crippen molar-refractivity contribution in [1.82, 2.24) is 10.2 Å². The number of ether oxygens (including phenoxy) is 1. The highest BCUT2D eigenvalue weighted by Gasteiger charge is 2.38. The highest BCUT2D eigenvalue weighted by Crippen LogP contribution is 2.41. The van der Waals surface area contributed by atoms with E-state index in [1.165, 1.54) is 4.90 Å². The fraction of sp³-hybridized carbons (Fsp3) is 0.611. The van der Waals surface area contributed by atoms with E-state index in [0.29, 0.717) is 18.5 Å². The summed E-state index contributed by atoms with van der Waals surface area (Å²) in [6.45, 7) is -1.98. The van der Waals surface area contributed by atoms with Gasteiger partial charge in [-0.25, -0.2) is 8.42 Å². The van der Waals surface area contributed by atoms with Crippen LogP contribution in [-0.2, 0) is 21.1 Å². The molecule has 0 saturated carbocycles. The fourth-order valence-electron chi connectivity index (χ4n) is 4.09. The summed E-state index contributed by atoms with van der Waals surface area (Å²) in [7, 11) is -3.28. The summed E-state index contributed by atoms with van der Waals surface area (Å²) in [5, 5.41) is 41.5. The van der Waals surface area contributed by atoms with Crippen LogP contribution >= 0.6 is 0 Å². The number of nitrogens with zero attached hydrogens (tertiary/aromatic N) is 1. The molecule has 0 spiro atoms. The highest BCUT2D eigenvalue weighted by atomic mass is 32.2. The molecule has 2 fully saturated rings. The molecule has 1 atom stereocenters. The second kappa shape index (κ2) is 8.22. The number of amides is 1. The molecule has 5 N–H and O–H groups in total. The van der Waals surface area contributed by atoms with Crippen LogP contribution in [0.15, 0.2) is 12.1 Å². The summed E-state index contributed by atoms with van der Waals surface area (Å²) in [5.41, 5.74) is 0.500. The highest BCUT2D eigenvalue weighted by molar-refractivity contribution is 7.92. The molecule has 13 heteroatoms. The first kappa shape index (κ1) is 22.3. The van der Waals surface area contributed by atoms with Crippen LogP contribution in [0.1, 0.15) is 23.8 Å². The minimum absolute atomic E-state index is 0.0000975. The molecular weight excluding hydrogens is 431 g/mol. The number of aliphatic hydroxyl groups excluding tert-OH is 1. The van der Waals surface area contributed by atoms with Crippen LogP contribution in [0.3, 0.4) is 0 Å². The van der Waals surface area contributed by atoms with Gasteiger partial charge in [-0.2, -0.15) is 0 Å². The Kier molecular flexibility index (Phi) is 5.92. The van der Waals surface area contributed by atoms with E-state index in [1.54, 1.807) is 12.1 Å². The Morgan fingerprint density at radius 2 is 2.06 bits per heavy atom. The maximum Gasteiger partial charge on any atom is 0.430 e. The number of carbonyl (C=O) groups is 1. The van der Waals surface area contributed by atoms with Gasteiger partial charge in [0.25, 0.3) is 0 Å². The predicted molar refractivity (Wildman–Crippen MR) is 109 cm³/mol. The Bertz CT molecular complexity index is 963. The number of sulfone groups is 1. The van der Waals surface area contributed by atoms with E-state index in [0.717, 1.165) is 0 Å². The lowest BCUT2D eigenvalue weighted by Gasteiger charge is -2.41.